The minimum absolute atomic E-state index is 0.0000818. The molecule has 1 aromatic carbocycles. The third-order valence-electron chi connectivity index (χ3n) is 2.70. The average Bonchev–Trinajstić information content (AvgIpc) is 2.34. The molecule has 1 atom stereocenters. The summed E-state index contributed by atoms with van der Waals surface area (Å²) < 4.78 is 0. The van der Waals surface area contributed by atoms with Crippen LogP contribution >= 0.6 is 0 Å². The molecule has 2 rings (SSSR count). The van der Waals surface area contributed by atoms with E-state index in [9.17, 15) is 14.7 Å². The molecular formula is C12H13NO3. The maximum atomic E-state index is 11.7. The van der Waals surface area contributed by atoms with E-state index in [1.807, 2.05) is 6.07 Å². The molecule has 4 nitrogen and oxygen atoms in total. The lowest BCUT2D eigenvalue weighted by molar-refractivity contribution is -0.141. The Bertz CT molecular complexity index is 402. The first kappa shape index (κ1) is 10.8. The van der Waals surface area contributed by atoms with Gasteiger partial charge in [0, 0.05) is 18.5 Å². The van der Waals surface area contributed by atoms with Crippen LogP contribution in [-0.4, -0.2) is 40.9 Å². The number of carbonyl (C=O) groups is 2. The lowest BCUT2D eigenvalue weighted by Gasteiger charge is -2.31. The maximum absolute atomic E-state index is 11.7. The van der Waals surface area contributed by atoms with Crippen molar-refractivity contribution in [2.24, 2.45) is 0 Å². The molecule has 0 radical (unpaired) electrons. The molecule has 0 spiro atoms. The Morgan fingerprint density at radius 1 is 1.38 bits per heavy atom. The Balaban J connectivity index is 1.97. The number of hydrogen-bond donors (Lipinski definition) is 1. The normalized spacial score (nSPS) is 16.8. The van der Waals surface area contributed by atoms with Gasteiger partial charge in [0.05, 0.1) is 6.54 Å². The fourth-order valence-electron chi connectivity index (χ4n) is 1.64. The smallest absolute Gasteiger partial charge is 0.224 e. The SMILES string of the molecule is O=C(c1ccccc1)[C@@H](O)CN1CCC1=O. The molecule has 0 aliphatic carbocycles. The van der Waals surface area contributed by atoms with Gasteiger partial charge in [-0.25, -0.2) is 0 Å². The summed E-state index contributed by atoms with van der Waals surface area (Å²) in [7, 11) is 0. The van der Waals surface area contributed by atoms with E-state index in [4.69, 9.17) is 0 Å². The molecule has 0 unspecified atom stereocenters. The van der Waals surface area contributed by atoms with E-state index in [0.29, 0.717) is 18.5 Å². The molecule has 0 aromatic heterocycles. The first-order valence-electron chi connectivity index (χ1n) is 5.23. The van der Waals surface area contributed by atoms with Gasteiger partial charge in [0.25, 0.3) is 0 Å². The topological polar surface area (TPSA) is 57.6 Å². The lowest BCUT2D eigenvalue weighted by atomic mass is 10.0. The molecule has 1 heterocycles. The summed E-state index contributed by atoms with van der Waals surface area (Å²) >= 11 is 0. The molecule has 4 heteroatoms. The molecule has 1 fully saturated rings. The molecule has 1 aliphatic rings. The quantitative estimate of drug-likeness (QED) is 0.591. The number of Topliss-reactive ketones (excluding diaryl/α,β-unsaturated/α-hetero) is 1. The number of β-lactam (4-membered cyclic amide) rings is 1. The van der Waals surface area contributed by atoms with Crippen molar-refractivity contribution < 1.29 is 14.7 Å². The van der Waals surface area contributed by atoms with Crippen molar-refractivity contribution in [3.05, 3.63) is 35.9 Å². The standard InChI is InChI=1S/C12H13NO3/c14-10(8-13-7-6-11(13)15)12(16)9-4-2-1-3-5-9/h1-5,10,14H,6-8H2/t10-/m0/s1. The molecule has 1 saturated heterocycles. The van der Waals surface area contributed by atoms with Crippen molar-refractivity contribution in [3.8, 4) is 0 Å². The number of carbonyl (C=O) groups excluding carboxylic acids is 2. The number of ketones is 1. The molecule has 1 aromatic rings. The number of likely N-dealkylation sites (tertiary alicyclic amines) is 1. The van der Waals surface area contributed by atoms with Crippen molar-refractivity contribution in [1.29, 1.82) is 0 Å². The molecule has 1 N–H and O–H groups in total. The van der Waals surface area contributed by atoms with E-state index in [0.717, 1.165) is 0 Å². The van der Waals surface area contributed by atoms with Crippen LogP contribution in [0.3, 0.4) is 0 Å². The molecule has 0 bridgehead atoms. The van der Waals surface area contributed by atoms with Gasteiger partial charge in [0.2, 0.25) is 5.91 Å². The fourth-order valence-corrected chi connectivity index (χ4v) is 1.64. The minimum Gasteiger partial charge on any atom is -0.383 e. The number of benzene rings is 1. The first-order chi connectivity index (χ1) is 7.68. The highest BCUT2D eigenvalue weighted by Crippen LogP contribution is 2.11. The van der Waals surface area contributed by atoms with Gasteiger partial charge in [-0.3, -0.25) is 9.59 Å². The molecule has 1 aliphatic heterocycles. The summed E-state index contributed by atoms with van der Waals surface area (Å²) in [5.74, 6) is -0.333. The van der Waals surface area contributed by atoms with Gasteiger partial charge >= 0.3 is 0 Å². The number of amides is 1. The number of aliphatic hydroxyl groups excluding tert-OH is 1. The van der Waals surface area contributed by atoms with Crippen LogP contribution in [0.4, 0.5) is 0 Å². The Hall–Kier alpha value is -1.68. The van der Waals surface area contributed by atoms with Crippen molar-refractivity contribution in [1.82, 2.24) is 4.90 Å². The van der Waals surface area contributed by atoms with Crippen LogP contribution in [0.15, 0.2) is 30.3 Å². The van der Waals surface area contributed by atoms with Crippen molar-refractivity contribution in [2.75, 3.05) is 13.1 Å². The van der Waals surface area contributed by atoms with Gasteiger partial charge in [-0.15, -0.1) is 0 Å². The summed E-state index contributed by atoms with van der Waals surface area (Å²) in [5, 5.41) is 9.68. The van der Waals surface area contributed by atoms with Crippen LogP contribution in [-0.2, 0) is 4.79 Å². The summed E-state index contributed by atoms with van der Waals surface area (Å²) in [6.07, 6.45) is -0.599. The highest BCUT2D eigenvalue weighted by molar-refractivity contribution is 5.99. The molecule has 0 saturated carbocycles. The zero-order chi connectivity index (χ0) is 11.5. The van der Waals surface area contributed by atoms with Crippen molar-refractivity contribution in [3.63, 3.8) is 0 Å². The zero-order valence-corrected chi connectivity index (χ0v) is 8.80. The van der Waals surface area contributed by atoms with E-state index in [2.05, 4.69) is 0 Å². The Kier molecular flexibility index (Phi) is 3.01. The van der Waals surface area contributed by atoms with E-state index in [1.165, 1.54) is 4.90 Å². The van der Waals surface area contributed by atoms with E-state index >= 15 is 0 Å². The summed E-state index contributed by atoms with van der Waals surface area (Å²) in [5.41, 5.74) is 0.475. The van der Waals surface area contributed by atoms with Gasteiger partial charge < -0.3 is 10.0 Å². The van der Waals surface area contributed by atoms with Crippen molar-refractivity contribution >= 4 is 11.7 Å². The Labute approximate surface area is 93.5 Å². The van der Waals surface area contributed by atoms with Gasteiger partial charge in [-0.05, 0) is 0 Å². The highest BCUT2D eigenvalue weighted by atomic mass is 16.3. The average molecular weight is 219 g/mol. The van der Waals surface area contributed by atoms with Crippen LogP contribution in [0.1, 0.15) is 16.8 Å². The van der Waals surface area contributed by atoms with Crippen LogP contribution < -0.4 is 0 Å². The zero-order valence-electron chi connectivity index (χ0n) is 8.80. The second-order valence-corrected chi connectivity index (χ2v) is 3.84. The lowest BCUT2D eigenvalue weighted by Crippen LogP contribution is -2.48. The summed E-state index contributed by atoms with van der Waals surface area (Å²) in [6, 6.07) is 8.61. The van der Waals surface area contributed by atoms with Gasteiger partial charge in [0.1, 0.15) is 6.10 Å². The minimum atomic E-state index is -1.12. The maximum Gasteiger partial charge on any atom is 0.224 e. The summed E-state index contributed by atoms with van der Waals surface area (Å²) in [6.45, 7) is 0.741. The van der Waals surface area contributed by atoms with E-state index in [1.54, 1.807) is 24.3 Å². The van der Waals surface area contributed by atoms with Crippen LogP contribution in [0, 0.1) is 0 Å². The Morgan fingerprint density at radius 2 is 2.06 bits per heavy atom. The second kappa shape index (κ2) is 4.45. The van der Waals surface area contributed by atoms with Crippen LogP contribution in [0.25, 0.3) is 0 Å². The fraction of sp³-hybridized carbons (Fsp3) is 0.333. The third kappa shape index (κ3) is 2.12. The van der Waals surface area contributed by atoms with Crippen molar-refractivity contribution in [2.45, 2.75) is 12.5 Å². The number of β-amino-alcohol motifs (C(OH)–C–C–N with tert-alkyl or cyclic N) is 1. The van der Waals surface area contributed by atoms with Gasteiger partial charge in [0.15, 0.2) is 5.78 Å². The second-order valence-electron chi connectivity index (χ2n) is 3.84. The van der Waals surface area contributed by atoms with Crippen LogP contribution in [0.5, 0.6) is 0 Å². The number of aliphatic hydroxyl groups is 1. The number of nitrogens with zero attached hydrogens (tertiary/aromatic N) is 1. The molecule has 84 valence electrons. The van der Waals surface area contributed by atoms with Crippen LogP contribution in [0.2, 0.25) is 0 Å². The number of hydrogen-bond acceptors (Lipinski definition) is 3. The molecule has 1 amide bonds. The first-order valence-corrected chi connectivity index (χ1v) is 5.23. The predicted molar refractivity (Wildman–Crippen MR) is 58.0 cm³/mol. The molecule has 16 heavy (non-hydrogen) atoms. The number of rotatable bonds is 4. The molecular weight excluding hydrogens is 206 g/mol. The highest BCUT2D eigenvalue weighted by Gasteiger charge is 2.28. The van der Waals surface area contributed by atoms with E-state index < -0.39 is 6.10 Å². The summed E-state index contributed by atoms with van der Waals surface area (Å²) in [4.78, 5) is 24.3. The Morgan fingerprint density at radius 3 is 2.56 bits per heavy atom. The van der Waals surface area contributed by atoms with E-state index in [-0.39, 0.29) is 18.2 Å². The monoisotopic (exact) mass is 219 g/mol. The van der Waals surface area contributed by atoms with Gasteiger partial charge in [-0.2, -0.15) is 0 Å². The third-order valence-corrected chi connectivity index (χ3v) is 2.70. The predicted octanol–water partition coefficient (Wildman–Crippen LogP) is 0.462. The van der Waals surface area contributed by atoms with Gasteiger partial charge in [-0.1, -0.05) is 30.3 Å². The largest absolute Gasteiger partial charge is 0.383 e.